The Morgan fingerprint density at radius 2 is 1.81 bits per heavy atom. The first-order valence-electron chi connectivity index (χ1n) is 13.6. The third kappa shape index (κ3) is 6.42. The number of anilines is 1. The van der Waals surface area contributed by atoms with Crippen molar-refractivity contribution in [1.82, 2.24) is 34.6 Å². The number of hydrogen-bond donors (Lipinski definition) is 1. The predicted molar refractivity (Wildman–Crippen MR) is 165 cm³/mol. The van der Waals surface area contributed by atoms with Crippen LogP contribution in [0.1, 0.15) is 26.5 Å². The van der Waals surface area contributed by atoms with Gasteiger partial charge in [-0.15, -0.1) is 0 Å². The number of benzene rings is 1. The molecule has 1 aliphatic heterocycles. The van der Waals surface area contributed by atoms with E-state index in [2.05, 4.69) is 69.1 Å². The fourth-order valence-corrected chi connectivity index (χ4v) is 6.21. The van der Waals surface area contributed by atoms with Crippen molar-refractivity contribution in [2.45, 2.75) is 58.0 Å². The highest BCUT2D eigenvalue weighted by Crippen LogP contribution is 2.38. The number of hydrogen-bond acceptors (Lipinski definition) is 9. The van der Waals surface area contributed by atoms with Crippen LogP contribution in [-0.4, -0.2) is 80.7 Å². The SMILES string of the molecule is Cc1cnc(NC(=O)[C@H](CN2CC(O[Si](C)(C)C(C)(C)C)C2)Oc2ncnc3c2cnn3-c2c(Cl)cccc2Cl)cn1. The second-order valence-electron chi connectivity index (χ2n) is 11.9. The molecule has 222 valence electrons. The number of carbonyl (C=O) groups is 1. The molecule has 4 heterocycles. The summed E-state index contributed by atoms with van der Waals surface area (Å²) in [6, 6.07) is 5.19. The molecule has 1 aromatic carbocycles. The molecule has 1 N–H and O–H groups in total. The van der Waals surface area contributed by atoms with Gasteiger partial charge in [0.1, 0.15) is 17.4 Å². The van der Waals surface area contributed by atoms with E-state index in [1.54, 1.807) is 30.6 Å². The molecule has 0 bridgehead atoms. The summed E-state index contributed by atoms with van der Waals surface area (Å²) in [5, 5.41) is 8.72. The van der Waals surface area contributed by atoms with Gasteiger partial charge < -0.3 is 14.5 Å². The lowest BCUT2D eigenvalue weighted by atomic mass is 10.1. The Hall–Kier alpha value is -3.16. The van der Waals surface area contributed by atoms with Gasteiger partial charge in [0.15, 0.2) is 25.9 Å². The first-order chi connectivity index (χ1) is 19.8. The second kappa shape index (κ2) is 11.8. The Morgan fingerprint density at radius 1 is 1.10 bits per heavy atom. The maximum Gasteiger partial charge on any atom is 0.268 e. The number of nitrogens with zero attached hydrogens (tertiary/aromatic N) is 7. The molecule has 11 nitrogen and oxygen atoms in total. The second-order valence-corrected chi connectivity index (χ2v) is 17.5. The van der Waals surface area contributed by atoms with Crippen LogP contribution in [0.4, 0.5) is 5.82 Å². The molecular formula is C28H34Cl2N8O3Si. The summed E-state index contributed by atoms with van der Waals surface area (Å²) in [5.41, 5.74) is 1.67. The van der Waals surface area contributed by atoms with Crippen LogP contribution in [0.25, 0.3) is 16.7 Å². The fourth-order valence-electron chi connectivity index (χ4n) is 4.32. The van der Waals surface area contributed by atoms with Gasteiger partial charge in [-0.1, -0.05) is 50.0 Å². The van der Waals surface area contributed by atoms with Crippen molar-refractivity contribution in [1.29, 1.82) is 0 Å². The van der Waals surface area contributed by atoms with E-state index in [0.717, 1.165) is 5.69 Å². The quantitative estimate of drug-likeness (QED) is 0.246. The lowest BCUT2D eigenvalue weighted by Gasteiger charge is -2.46. The Bertz CT molecular complexity index is 1570. The minimum Gasteiger partial charge on any atom is -0.462 e. The lowest BCUT2D eigenvalue weighted by Crippen LogP contribution is -2.60. The standard InChI is InChI=1S/C28H34Cl2N8O3Si/c1-17-10-32-23(12-31-17)36-26(39)22(15-37-13-18(14-37)41-42(5,6)28(2,3)4)40-27-19-11-35-38(25(19)33-16-34-27)24-20(29)8-7-9-21(24)30/h7-12,16,18,22H,13-15H2,1-6H3,(H,32,36,39)/t22-/m0/s1. The van der Waals surface area contributed by atoms with Crippen LogP contribution >= 0.6 is 23.2 Å². The topological polar surface area (TPSA) is 120 Å². The fraction of sp³-hybridized carbons (Fsp3) is 0.429. The maximum atomic E-state index is 13.5. The molecule has 1 atom stereocenters. The Morgan fingerprint density at radius 3 is 2.45 bits per heavy atom. The third-order valence-corrected chi connectivity index (χ3v) is 12.8. The van der Waals surface area contributed by atoms with E-state index in [4.69, 9.17) is 32.4 Å². The van der Waals surface area contributed by atoms with Gasteiger partial charge in [0.25, 0.3) is 5.91 Å². The highest BCUT2D eigenvalue weighted by Gasteiger charge is 2.42. The van der Waals surface area contributed by atoms with E-state index in [9.17, 15) is 4.79 Å². The molecule has 4 aromatic rings. The van der Waals surface area contributed by atoms with E-state index in [-0.39, 0.29) is 22.9 Å². The average molecular weight is 630 g/mol. The van der Waals surface area contributed by atoms with Crippen LogP contribution in [0.15, 0.2) is 43.1 Å². The van der Waals surface area contributed by atoms with E-state index in [0.29, 0.717) is 52.2 Å². The van der Waals surface area contributed by atoms with Gasteiger partial charge in [-0.25, -0.2) is 19.6 Å². The number of nitrogens with one attached hydrogen (secondary N) is 1. The average Bonchev–Trinajstić information content (AvgIpc) is 3.32. The molecule has 3 aromatic heterocycles. The van der Waals surface area contributed by atoms with Crippen LogP contribution in [0.5, 0.6) is 5.88 Å². The summed E-state index contributed by atoms with van der Waals surface area (Å²) in [4.78, 5) is 32.9. The predicted octanol–water partition coefficient (Wildman–Crippen LogP) is 5.31. The molecule has 42 heavy (non-hydrogen) atoms. The summed E-state index contributed by atoms with van der Waals surface area (Å²) < 4.78 is 14.4. The van der Waals surface area contributed by atoms with Crippen LogP contribution in [0.3, 0.4) is 0 Å². The van der Waals surface area contributed by atoms with Gasteiger partial charge in [0.05, 0.1) is 40.4 Å². The Balaban J connectivity index is 1.38. The Kier molecular flexibility index (Phi) is 8.55. The first-order valence-corrected chi connectivity index (χ1v) is 17.3. The number of ether oxygens (including phenoxy) is 1. The van der Waals surface area contributed by atoms with E-state index in [1.807, 2.05) is 6.92 Å². The molecule has 1 amide bonds. The van der Waals surface area contributed by atoms with Crippen LogP contribution in [-0.2, 0) is 9.22 Å². The molecule has 1 saturated heterocycles. The summed E-state index contributed by atoms with van der Waals surface area (Å²) >= 11 is 12.9. The van der Waals surface area contributed by atoms with Crippen LogP contribution in [0.2, 0.25) is 28.2 Å². The van der Waals surface area contributed by atoms with Gasteiger partial charge in [-0.3, -0.25) is 14.7 Å². The molecule has 0 saturated carbocycles. The van der Waals surface area contributed by atoms with Crippen molar-refractivity contribution in [2.24, 2.45) is 0 Å². The summed E-state index contributed by atoms with van der Waals surface area (Å²) in [6.45, 7) is 14.7. The summed E-state index contributed by atoms with van der Waals surface area (Å²) in [7, 11) is -1.91. The van der Waals surface area contributed by atoms with Gasteiger partial charge >= 0.3 is 0 Å². The lowest BCUT2D eigenvalue weighted by molar-refractivity contribution is -0.125. The number of carbonyl (C=O) groups excluding carboxylic acids is 1. The van der Waals surface area contributed by atoms with Crippen molar-refractivity contribution in [3.8, 4) is 11.6 Å². The molecule has 0 radical (unpaired) electrons. The van der Waals surface area contributed by atoms with E-state index in [1.165, 1.54) is 17.2 Å². The largest absolute Gasteiger partial charge is 0.462 e. The zero-order valence-electron chi connectivity index (χ0n) is 24.4. The molecule has 0 spiro atoms. The number of aryl methyl sites for hydroxylation is 1. The zero-order valence-corrected chi connectivity index (χ0v) is 26.9. The van der Waals surface area contributed by atoms with Crippen LogP contribution in [0, 0.1) is 6.92 Å². The zero-order chi connectivity index (χ0) is 30.2. The van der Waals surface area contributed by atoms with Gasteiger partial charge in [0.2, 0.25) is 5.88 Å². The highest BCUT2D eigenvalue weighted by atomic mass is 35.5. The minimum atomic E-state index is -1.91. The number of fused-ring (bicyclic) bond motifs is 1. The number of para-hydroxylation sites is 1. The molecule has 14 heteroatoms. The molecule has 0 aliphatic carbocycles. The number of likely N-dealkylation sites (tertiary alicyclic amines) is 1. The molecule has 5 rings (SSSR count). The third-order valence-electron chi connectivity index (χ3n) is 7.67. The maximum absolute atomic E-state index is 13.5. The molecule has 0 unspecified atom stereocenters. The van der Waals surface area contributed by atoms with Crippen molar-refractivity contribution < 1.29 is 14.0 Å². The molecule has 1 fully saturated rings. The number of amides is 1. The normalized spacial score (nSPS) is 15.4. The Labute approximate surface area is 255 Å². The van der Waals surface area contributed by atoms with Crippen molar-refractivity contribution in [3.05, 3.63) is 58.9 Å². The molecular weight excluding hydrogens is 595 g/mol. The van der Waals surface area contributed by atoms with Gasteiger partial charge in [0, 0.05) is 19.6 Å². The number of halogens is 2. The van der Waals surface area contributed by atoms with Crippen molar-refractivity contribution >= 4 is 54.3 Å². The van der Waals surface area contributed by atoms with E-state index < -0.39 is 14.4 Å². The van der Waals surface area contributed by atoms with Crippen molar-refractivity contribution in [2.75, 3.05) is 25.0 Å². The first kappa shape index (κ1) is 30.3. The number of rotatable bonds is 9. The van der Waals surface area contributed by atoms with Gasteiger partial charge in [-0.05, 0) is 37.2 Å². The highest BCUT2D eigenvalue weighted by molar-refractivity contribution is 6.74. The summed E-state index contributed by atoms with van der Waals surface area (Å²) in [5.74, 6) is 0.158. The van der Waals surface area contributed by atoms with Gasteiger partial charge in [-0.2, -0.15) is 5.10 Å². The van der Waals surface area contributed by atoms with E-state index >= 15 is 0 Å². The van der Waals surface area contributed by atoms with Crippen molar-refractivity contribution in [3.63, 3.8) is 0 Å². The minimum absolute atomic E-state index is 0.113. The number of aromatic nitrogens is 6. The van der Waals surface area contributed by atoms with Crippen LogP contribution < -0.4 is 10.1 Å². The molecule has 1 aliphatic rings. The summed E-state index contributed by atoms with van der Waals surface area (Å²) in [6.07, 6.45) is 5.21. The monoisotopic (exact) mass is 628 g/mol. The smallest absolute Gasteiger partial charge is 0.268 e.